The average Bonchev–Trinajstić information content (AvgIpc) is 2.95. The molecule has 1 atom stereocenters. The number of rotatable bonds is 9. The van der Waals surface area contributed by atoms with Crippen molar-refractivity contribution >= 4 is 23.5 Å². The second-order valence-electron chi connectivity index (χ2n) is 8.87. The predicted molar refractivity (Wildman–Crippen MR) is 142 cm³/mol. The van der Waals surface area contributed by atoms with E-state index in [2.05, 4.69) is 4.90 Å². The molecule has 1 heterocycles. The molecule has 0 bridgehead atoms. The molecular weight excluding hydrogens is 492 g/mol. The van der Waals surface area contributed by atoms with Gasteiger partial charge in [0.25, 0.3) is 5.91 Å². The molecule has 8 heteroatoms. The van der Waals surface area contributed by atoms with E-state index >= 15 is 0 Å². The molecule has 3 aromatic carbocycles. The van der Waals surface area contributed by atoms with E-state index in [9.17, 15) is 9.59 Å². The Morgan fingerprint density at radius 1 is 0.892 bits per heavy atom. The van der Waals surface area contributed by atoms with Gasteiger partial charge in [-0.2, -0.15) is 0 Å². The molecular formula is C29H31ClN2O5. The number of halogens is 1. The normalized spacial score (nSPS) is 14.7. The van der Waals surface area contributed by atoms with Crippen LogP contribution in [0.3, 0.4) is 0 Å². The Morgan fingerprint density at radius 3 is 2.30 bits per heavy atom. The number of hydrogen-bond donors (Lipinski definition) is 0. The third kappa shape index (κ3) is 7.10. The number of carbonyl (C=O) groups excluding carboxylic acids is 2. The van der Waals surface area contributed by atoms with E-state index in [-0.39, 0.29) is 18.0 Å². The van der Waals surface area contributed by atoms with Crippen molar-refractivity contribution in [1.29, 1.82) is 0 Å². The van der Waals surface area contributed by atoms with Crippen molar-refractivity contribution in [3.8, 4) is 5.75 Å². The largest absolute Gasteiger partial charge is 0.497 e. The van der Waals surface area contributed by atoms with Gasteiger partial charge >= 0.3 is 5.97 Å². The molecule has 4 rings (SSSR count). The number of amides is 1. The van der Waals surface area contributed by atoms with Crippen LogP contribution < -0.4 is 4.74 Å². The molecule has 1 saturated heterocycles. The zero-order valence-electron chi connectivity index (χ0n) is 21.1. The highest BCUT2D eigenvalue weighted by Crippen LogP contribution is 2.25. The summed E-state index contributed by atoms with van der Waals surface area (Å²) in [6, 6.07) is 22.2. The minimum atomic E-state index is -0.366. The van der Waals surface area contributed by atoms with Crippen LogP contribution in [0.15, 0.2) is 72.8 Å². The molecule has 37 heavy (non-hydrogen) atoms. The maximum Gasteiger partial charge on any atom is 0.337 e. The van der Waals surface area contributed by atoms with Gasteiger partial charge < -0.3 is 19.1 Å². The van der Waals surface area contributed by atoms with Crippen LogP contribution in [0, 0.1) is 0 Å². The number of methoxy groups -OCH3 is 2. The van der Waals surface area contributed by atoms with E-state index in [4.69, 9.17) is 25.8 Å². The van der Waals surface area contributed by atoms with Crippen LogP contribution in [-0.2, 0) is 16.1 Å². The van der Waals surface area contributed by atoms with Gasteiger partial charge in [0.05, 0.1) is 32.5 Å². The van der Waals surface area contributed by atoms with Crippen LogP contribution >= 0.6 is 11.6 Å². The van der Waals surface area contributed by atoms with E-state index in [0.29, 0.717) is 42.4 Å². The maximum absolute atomic E-state index is 12.9. The van der Waals surface area contributed by atoms with Crippen LogP contribution in [0.25, 0.3) is 0 Å². The summed E-state index contributed by atoms with van der Waals surface area (Å²) in [6.45, 7) is 3.80. The SMILES string of the molecule is COC(=O)c1ccc(CO[C@@H](CN2CCN(C(=O)c3cccc(Cl)c3)CC2)c2cccc(OC)c2)cc1. The first kappa shape index (κ1) is 26.7. The fourth-order valence-corrected chi connectivity index (χ4v) is 4.51. The minimum Gasteiger partial charge on any atom is -0.497 e. The Labute approximate surface area is 222 Å². The molecule has 0 aromatic heterocycles. The van der Waals surface area contributed by atoms with E-state index in [0.717, 1.165) is 30.0 Å². The smallest absolute Gasteiger partial charge is 0.337 e. The van der Waals surface area contributed by atoms with Gasteiger partial charge in [-0.15, -0.1) is 0 Å². The van der Waals surface area contributed by atoms with E-state index in [1.54, 1.807) is 43.5 Å². The highest BCUT2D eigenvalue weighted by atomic mass is 35.5. The maximum atomic E-state index is 12.9. The van der Waals surface area contributed by atoms with Crippen molar-refractivity contribution in [2.45, 2.75) is 12.7 Å². The molecule has 0 aliphatic carbocycles. The second-order valence-corrected chi connectivity index (χ2v) is 9.30. The molecule has 0 spiro atoms. The lowest BCUT2D eigenvalue weighted by Gasteiger charge is -2.36. The van der Waals surface area contributed by atoms with Gasteiger partial charge in [-0.3, -0.25) is 9.69 Å². The minimum absolute atomic E-state index is 0.00172. The van der Waals surface area contributed by atoms with Crippen molar-refractivity contribution in [2.75, 3.05) is 46.9 Å². The number of piperazine rings is 1. The fraction of sp³-hybridized carbons (Fsp3) is 0.310. The summed E-state index contributed by atoms with van der Waals surface area (Å²) in [5.41, 5.74) is 3.08. The third-order valence-electron chi connectivity index (χ3n) is 6.45. The summed E-state index contributed by atoms with van der Waals surface area (Å²) in [5.74, 6) is 0.401. The highest BCUT2D eigenvalue weighted by molar-refractivity contribution is 6.30. The van der Waals surface area contributed by atoms with Gasteiger partial charge in [0, 0.05) is 43.3 Å². The van der Waals surface area contributed by atoms with Gasteiger partial charge in [-0.1, -0.05) is 41.9 Å². The average molecular weight is 523 g/mol. The first-order chi connectivity index (χ1) is 18.0. The molecule has 194 valence electrons. The van der Waals surface area contributed by atoms with Gasteiger partial charge in [0.1, 0.15) is 5.75 Å². The monoisotopic (exact) mass is 522 g/mol. The van der Waals surface area contributed by atoms with Crippen molar-refractivity contribution in [2.24, 2.45) is 0 Å². The summed E-state index contributed by atoms with van der Waals surface area (Å²) in [7, 11) is 3.01. The Bertz CT molecular complexity index is 1210. The standard InChI is InChI=1S/C29H31ClN2O5/c1-35-26-8-4-5-23(18-26)27(37-20-21-9-11-22(12-10-21)29(34)36-2)19-31-13-15-32(16-14-31)28(33)24-6-3-7-25(30)17-24/h3-12,17-18,27H,13-16,19-20H2,1-2H3/t27-/m0/s1. The quantitative estimate of drug-likeness (QED) is 0.374. The van der Waals surface area contributed by atoms with Crippen LogP contribution in [-0.4, -0.2) is 68.6 Å². The fourth-order valence-electron chi connectivity index (χ4n) is 4.32. The van der Waals surface area contributed by atoms with Crippen LogP contribution in [0.2, 0.25) is 5.02 Å². The topological polar surface area (TPSA) is 68.3 Å². The van der Waals surface area contributed by atoms with Crippen LogP contribution in [0.1, 0.15) is 37.9 Å². The van der Waals surface area contributed by atoms with Crippen molar-refractivity contribution in [3.63, 3.8) is 0 Å². The molecule has 1 amide bonds. The number of carbonyl (C=O) groups is 2. The molecule has 1 aliphatic rings. The first-order valence-corrected chi connectivity index (χ1v) is 12.5. The van der Waals surface area contributed by atoms with E-state index in [1.165, 1.54) is 7.11 Å². The van der Waals surface area contributed by atoms with E-state index in [1.807, 2.05) is 41.3 Å². The van der Waals surface area contributed by atoms with Gasteiger partial charge in [-0.25, -0.2) is 4.79 Å². The summed E-state index contributed by atoms with van der Waals surface area (Å²) >= 11 is 6.07. The number of benzene rings is 3. The van der Waals surface area contributed by atoms with Crippen LogP contribution in [0.5, 0.6) is 5.75 Å². The number of hydrogen-bond acceptors (Lipinski definition) is 6. The number of ether oxygens (including phenoxy) is 3. The summed E-state index contributed by atoms with van der Waals surface area (Å²) in [5, 5.41) is 0.558. The zero-order chi connectivity index (χ0) is 26.2. The summed E-state index contributed by atoms with van der Waals surface area (Å²) < 4.78 is 16.6. The molecule has 1 fully saturated rings. The first-order valence-electron chi connectivity index (χ1n) is 12.2. The molecule has 0 saturated carbocycles. The molecule has 7 nitrogen and oxygen atoms in total. The second kappa shape index (κ2) is 12.7. The van der Waals surface area contributed by atoms with Gasteiger partial charge in [0.15, 0.2) is 0 Å². The van der Waals surface area contributed by atoms with E-state index < -0.39 is 0 Å². The Morgan fingerprint density at radius 2 is 1.62 bits per heavy atom. The van der Waals surface area contributed by atoms with Crippen molar-refractivity contribution in [3.05, 3.63) is 100 Å². The summed E-state index contributed by atoms with van der Waals surface area (Å²) in [4.78, 5) is 28.8. The Kier molecular flexibility index (Phi) is 9.17. The van der Waals surface area contributed by atoms with Gasteiger partial charge in [0.2, 0.25) is 0 Å². The molecule has 0 N–H and O–H groups in total. The highest BCUT2D eigenvalue weighted by Gasteiger charge is 2.25. The van der Waals surface area contributed by atoms with Crippen LogP contribution in [0.4, 0.5) is 0 Å². The van der Waals surface area contributed by atoms with Gasteiger partial charge in [-0.05, 0) is 53.6 Å². The molecule has 1 aliphatic heterocycles. The lowest BCUT2D eigenvalue weighted by atomic mass is 10.1. The van der Waals surface area contributed by atoms with Crippen molar-refractivity contribution in [1.82, 2.24) is 9.80 Å². The Hall–Kier alpha value is -3.39. The number of esters is 1. The third-order valence-corrected chi connectivity index (χ3v) is 6.68. The lowest BCUT2D eigenvalue weighted by molar-refractivity contribution is 0.00331. The lowest BCUT2D eigenvalue weighted by Crippen LogP contribution is -2.49. The predicted octanol–water partition coefficient (Wildman–Crippen LogP) is 4.85. The summed E-state index contributed by atoms with van der Waals surface area (Å²) in [6.07, 6.45) is -0.203. The zero-order valence-corrected chi connectivity index (χ0v) is 21.8. The van der Waals surface area contributed by atoms with Crippen molar-refractivity contribution < 1.29 is 23.8 Å². The number of nitrogens with zero attached hydrogens (tertiary/aromatic N) is 2. The molecule has 0 unspecified atom stereocenters. The molecule has 0 radical (unpaired) electrons. The molecule has 3 aromatic rings. The Balaban J connectivity index is 1.40.